The van der Waals surface area contributed by atoms with Gasteiger partial charge in [0.1, 0.15) is 16.7 Å². The Balaban J connectivity index is 1.70. The molecular weight excluding hydrogens is 430 g/mol. The maximum absolute atomic E-state index is 11.7. The van der Waals surface area contributed by atoms with E-state index in [1.54, 1.807) is 6.08 Å². The summed E-state index contributed by atoms with van der Waals surface area (Å²) in [6.07, 6.45) is 1.80. The molecule has 1 N–H and O–H groups in total. The van der Waals surface area contributed by atoms with Crippen molar-refractivity contribution in [3.8, 4) is 5.75 Å². The van der Waals surface area contributed by atoms with Crippen molar-refractivity contribution in [1.29, 1.82) is 0 Å². The molecule has 0 aromatic heterocycles. The molecule has 3 nitrogen and oxygen atoms in total. The summed E-state index contributed by atoms with van der Waals surface area (Å²) in [6.45, 7) is 0.447. The van der Waals surface area contributed by atoms with Gasteiger partial charge in [0.25, 0.3) is 5.91 Å². The zero-order valence-electron chi connectivity index (χ0n) is 12.2. The van der Waals surface area contributed by atoms with Gasteiger partial charge >= 0.3 is 0 Å². The summed E-state index contributed by atoms with van der Waals surface area (Å²) in [7, 11) is 0. The Kier molecular flexibility index (Phi) is 5.61. The topological polar surface area (TPSA) is 38.3 Å². The molecule has 1 fully saturated rings. The Morgan fingerprint density at radius 3 is 2.62 bits per heavy atom. The molecule has 122 valence electrons. The summed E-state index contributed by atoms with van der Waals surface area (Å²) in [4.78, 5) is 12.3. The molecule has 0 spiro atoms. The van der Waals surface area contributed by atoms with Crippen molar-refractivity contribution >= 4 is 67.8 Å². The Bertz CT molecular complexity index is 837. The monoisotopic (exact) mass is 439 g/mol. The number of carbonyl (C=O) groups excluding carboxylic acids is 1. The summed E-state index contributed by atoms with van der Waals surface area (Å²) in [5.41, 5.74) is 1.92. The van der Waals surface area contributed by atoms with Crippen LogP contribution in [0.1, 0.15) is 11.1 Å². The molecule has 7 heteroatoms. The predicted molar refractivity (Wildman–Crippen MR) is 106 cm³/mol. The van der Waals surface area contributed by atoms with E-state index in [-0.39, 0.29) is 5.91 Å². The zero-order chi connectivity index (χ0) is 17.1. The minimum atomic E-state index is -0.163. The fourth-order valence-electron chi connectivity index (χ4n) is 2.04. The number of thioether (sulfide) groups is 1. The van der Waals surface area contributed by atoms with Gasteiger partial charge in [-0.15, -0.1) is 0 Å². The Morgan fingerprint density at radius 1 is 1.25 bits per heavy atom. The quantitative estimate of drug-likeness (QED) is 0.526. The largest absolute Gasteiger partial charge is 0.488 e. The van der Waals surface area contributed by atoms with Crippen LogP contribution in [0.15, 0.2) is 51.8 Å². The number of thiocarbonyl (C=S) groups is 1. The molecule has 1 amide bonds. The van der Waals surface area contributed by atoms with Gasteiger partial charge in [0.2, 0.25) is 0 Å². The van der Waals surface area contributed by atoms with Crippen molar-refractivity contribution in [2.45, 2.75) is 6.61 Å². The van der Waals surface area contributed by atoms with Crippen LogP contribution < -0.4 is 10.1 Å². The molecule has 24 heavy (non-hydrogen) atoms. The van der Waals surface area contributed by atoms with E-state index in [1.165, 1.54) is 11.8 Å². The van der Waals surface area contributed by atoms with Crippen LogP contribution in [-0.4, -0.2) is 10.2 Å². The van der Waals surface area contributed by atoms with E-state index in [4.69, 9.17) is 28.6 Å². The van der Waals surface area contributed by atoms with Gasteiger partial charge < -0.3 is 10.1 Å². The highest BCUT2D eigenvalue weighted by Gasteiger charge is 2.21. The highest BCUT2D eigenvalue weighted by atomic mass is 79.9. The summed E-state index contributed by atoms with van der Waals surface area (Å²) >= 11 is 15.6. The first-order valence-electron chi connectivity index (χ1n) is 6.93. The number of halogens is 2. The van der Waals surface area contributed by atoms with Crippen LogP contribution in [0.4, 0.5) is 0 Å². The fourth-order valence-corrected chi connectivity index (χ4v) is 3.72. The molecule has 0 radical (unpaired) electrons. The molecule has 0 bridgehead atoms. The second kappa shape index (κ2) is 7.70. The van der Waals surface area contributed by atoms with Crippen molar-refractivity contribution < 1.29 is 9.53 Å². The van der Waals surface area contributed by atoms with Crippen LogP contribution in [0.5, 0.6) is 5.75 Å². The molecule has 1 aliphatic rings. The van der Waals surface area contributed by atoms with E-state index in [0.717, 1.165) is 21.3 Å². The minimum Gasteiger partial charge on any atom is -0.488 e. The third-order valence-corrected chi connectivity index (χ3v) is 5.24. The summed E-state index contributed by atoms with van der Waals surface area (Å²) < 4.78 is 7.11. The lowest BCUT2D eigenvalue weighted by Gasteiger charge is -2.09. The smallest absolute Gasteiger partial charge is 0.263 e. The van der Waals surface area contributed by atoms with Gasteiger partial charge in [-0.2, -0.15) is 0 Å². The van der Waals surface area contributed by atoms with Crippen LogP contribution in [0, 0.1) is 0 Å². The second-order valence-corrected chi connectivity index (χ2v) is 7.97. The zero-order valence-corrected chi connectivity index (χ0v) is 16.2. The van der Waals surface area contributed by atoms with Crippen LogP contribution in [0.3, 0.4) is 0 Å². The normalized spacial score (nSPS) is 15.7. The SMILES string of the molecule is O=C1NC(=S)S/C1=C\c1ccc(OCc2ccc(Cl)cc2)c(Br)c1. The first-order chi connectivity index (χ1) is 11.5. The van der Waals surface area contributed by atoms with E-state index in [0.29, 0.717) is 20.9 Å². The summed E-state index contributed by atoms with van der Waals surface area (Å²) in [5.74, 6) is 0.565. The van der Waals surface area contributed by atoms with Gasteiger partial charge in [-0.1, -0.05) is 53.8 Å². The van der Waals surface area contributed by atoms with Gasteiger partial charge in [0.05, 0.1) is 9.38 Å². The van der Waals surface area contributed by atoms with Crippen molar-refractivity contribution in [2.24, 2.45) is 0 Å². The van der Waals surface area contributed by atoms with Gasteiger partial charge in [0, 0.05) is 5.02 Å². The highest BCUT2D eigenvalue weighted by molar-refractivity contribution is 9.10. The summed E-state index contributed by atoms with van der Waals surface area (Å²) in [5, 5.41) is 3.30. The van der Waals surface area contributed by atoms with E-state index < -0.39 is 0 Å². The Labute approximate surface area is 162 Å². The Hall–Kier alpha value is -1.34. The molecule has 0 atom stereocenters. The third-order valence-electron chi connectivity index (χ3n) is 3.20. The number of amides is 1. The molecule has 3 rings (SSSR count). The van der Waals surface area contributed by atoms with Crippen LogP contribution in [0.25, 0.3) is 6.08 Å². The van der Waals surface area contributed by atoms with E-state index in [9.17, 15) is 4.79 Å². The van der Waals surface area contributed by atoms with E-state index >= 15 is 0 Å². The van der Waals surface area contributed by atoms with Gasteiger partial charge in [0.15, 0.2) is 0 Å². The molecule has 2 aromatic carbocycles. The highest BCUT2D eigenvalue weighted by Crippen LogP contribution is 2.30. The van der Waals surface area contributed by atoms with Crippen LogP contribution in [0.2, 0.25) is 5.02 Å². The average Bonchev–Trinajstić information content (AvgIpc) is 2.86. The predicted octanol–water partition coefficient (Wildman–Crippen LogP) is 5.17. The minimum absolute atomic E-state index is 0.163. The van der Waals surface area contributed by atoms with E-state index in [1.807, 2.05) is 42.5 Å². The van der Waals surface area contributed by atoms with Crippen molar-refractivity contribution in [1.82, 2.24) is 5.32 Å². The number of hydrogen-bond donors (Lipinski definition) is 1. The first-order valence-corrected chi connectivity index (χ1v) is 9.32. The van der Waals surface area contributed by atoms with Gasteiger partial charge in [-0.05, 0) is 57.4 Å². The number of ether oxygens (including phenoxy) is 1. The Morgan fingerprint density at radius 2 is 2.00 bits per heavy atom. The molecule has 1 aliphatic heterocycles. The van der Waals surface area contributed by atoms with Gasteiger partial charge in [-0.3, -0.25) is 4.79 Å². The van der Waals surface area contributed by atoms with Crippen molar-refractivity contribution in [3.05, 3.63) is 68.0 Å². The molecule has 1 saturated heterocycles. The summed E-state index contributed by atoms with van der Waals surface area (Å²) in [6, 6.07) is 13.2. The average molecular weight is 441 g/mol. The maximum atomic E-state index is 11.7. The third kappa shape index (κ3) is 4.39. The fraction of sp³-hybridized carbons (Fsp3) is 0.0588. The lowest BCUT2D eigenvalue weighted by atomic mass is 10.2. The molecule has 0 saturated carbocycles. The maximum Gasteiger partial charge on any atom is 0.263 e. The number of nitrogens with one attached hydrogen (secondary N) is 1. The standard InChI is InChI=1S/C17H11BrClNO2S2/c18-13-7-11(8-15-16(21)20-17(23)24-15)3-6-14(13)22-9-10-1-4-12(19)5-2-10/h1-8H,9H2,(H,20,21,23)/b15-8-. The van der Waals surface area contributed by atoms with Gasteiger partial charge in [-0.25, -0.2) is 0 Å². The van der Waals surface area contributed by atoms with E-state index in [2.05, 4.69) is 21.2 Å². The number of benzene rings is 2. The van der Waals surface area contributed by atoms with Crippen LogP contribution >= 0.6 is 51.5 Å². The molecule has 1 heterocycles. The second-order valence-electron chi connectivity index (χ2n) is 4.96. The number of rotatable bonds is 4. The first kappa shape index (κ1) is 17.5. The lowest BCUT2D eigenvalue weighted by Crippen LogP contribution is -2.17. The molecule has 2 aromatic rings. The number of carbonyl (C=O) groups is 1. The molecular formula is C17H11BrClNO2S2. The molecule has 0 aliphatic carbocycles. The molecule has 0 unspecified atom stereocenters. The lowest BCUT2D eigenvalue weighted by molar-refractivity contribution is -0.115. The van der Waals surface area contributed by atoms with Crippen molar-refractivity contribution in [2.75, 3.05) is 0 Å². The number of hydrogen-bond acceptors (Lipinski definition) is 4. The van der Waals surface area contributed by atoms with Crippen LogP contribution in [-0.2, 0) is 11.4 Å². The van der Waals surface area contributed by atoms with Crippen molar-refractivity contribution in [3.63, 3.8) is 0 Å².